The van der Waals surface area contributed by atoms with Gasteiger partial charge < -0.3 is 10.4 Å². The molecule has 2 aromatic carbocycles. The zero-order valence-electron chi connectivity index (χ0n) is 17.5. The molecule has 0 saturated heterocycles. The summed E-state index contributed by atoms with van der Waals surface area (Å²) in [5.41, 5.74) is 0.166. The van der Waals surface area contributed by atoms with Crippen LogP contribution in [0.25, 0.3) is 16.6 Å². The molecule has 0 unspecified atom stereocenters. The van der Waals surface area contributed by atoms with Crippen LogP contribution in [0.1, 0.15) is 5.56 Å². The van der Waals surface area contributed by atoms with E-state index in [0.717, 1.165) is 9.04 Å². The Bertz CT molecular complexity index is 1490. The molecule has 0 spiro atoms. The van der Waals surface area contributed by atoms with Crippen LogP contribution in [-0.4, -0.2) is 25.4 Å². The number of pyridine rings is 1. The zero-order valence-corrected chi connectivity index (χ0v) is 19.1. The number of aromatic nitrogens is 3. The molecule has 0 aliphatic rings. The number of anilines is 2. The standard InChI is InChI=1S/C23H21BrN4O4/c1-14-19-18(20(26(2)21(14)30)25-16-10-8-15(24)9-11-16)22(31)27(12-13-29)23(32)28(19)17-6-4-3-5-7-17/h3-11,25,29H,12-13H2,1-2H3. The molecule has 0 aliphatic heterocycles. The number of hydrogen-bond acceptors (Lipinski definition) is 5. The normalized spacial score (nSPS) is 11.1. The van der Waals surface area contributed by atoms with Gasteiger partial charge in [-0.1, -0.05) is 34.1 Å². The number of fused-ring (bicyclic) bond motifs is 1. The van der Waals surface area contributed by atoms with Crippen molar-refractivity contribution in [1.82, 2.24) is 13.7 Å². The number of aliphatic hydroxyl groups is 1. The third-order valence-electron chi connectivity index (χ3n) is 5.34. The number of halogens is 1. The van der Waals surface area contributed by atoms with Crippen LogP contribution >= 0.6 is 15.9 Å². The van der Waals surface area contributed by atoms with Gasteiger partial charge in [-0.15, -0.1) is 0 Å². The van der Waals surface area contributed by atoms with Gasteiger partial charge in [0.25, 0.3) is 11.1 Å². The first-order valence-corrected chi connectivity index (χ1v) is 10.7. The van der Waals surface area contributed by atoms with E-state index < -0.39 is 11.2 Å². The Kier molecular flexibility index (Phi) is 5.86. The summed E-state index contributed by atoms with van der Waals surface area (Å²) in [5.74, 6) is 0.263. The third-order valence-corrected chi connectivity index (χ3v) is 5.87. The first-order valence-electron chi connectivity index (χ1n) is 9.93. The van der Waals surface area contributed by atoms with Gasteiger partial charge in [-0.25, -0.2) is 4.79 Å². The molecule has 8 nitrogen and oxygen atoms in total. The van der Waals surface area contributed by atoms with Crippen molar-refractivity contribution in [2.45, 2.75) is 13.5 Å². The number of aliphatic hydroxyl groups excluding tert-OH is 1. The maximum atomic E-state index is 13.5. The van der Waals surface area contributed by atoms with Crippen LogP contribution in [0.15, 0.2) is 73.5 Å². The molecule has 32 heavy (non-hydrogen) atoms. The maximum absolute atomic E-state index is 13.5. The summed E-state index contributed by atoms with van der Waals surface area (Å²) in [5, 5.41) is 12.9. The lowest BCUT2D eigenvalue weighted by molar-refractivity contribution is 0.271. The third kappa shape index (κ3) is 3.59. The van der Waals surface area contributed by atoms with Crippen LogP contribution in [0, 0.1) is 6.92 Å². The lowest BCUT2D eigenvalue weighted by atomic mass is 10.1. The minimum Gasteiger partial charge on any atom is -0.395 e. The number of hydrogen-bond donors (Lipinski definition) is 2. The smallest absolute Gasteiger partial charge is 0.336 e. The molecule has 0 amide bonds. The number of aryl methyl sites for hydroxylation is 1. The fourth-order valence-electron chi connectivity index (χ4n) is 3.77. The molecule has 9 heteroatoms. The van der Waals surface area contributed by atoms with E-state index in [-0.39, 0.29) is 41.0 Å². The van der Waals surface area contributed by atoms with Crippen LogP contribution in [0.4, 0.5) is 11.5 Å². The highest BCUT2D eigenvalue weighted by molar-refractivity contribution is 9.10. The van der Waals surface area contributed by atoms with Crippen molar-refractivity contribution < 1.29 is 5.11 Å². The molecular weight excluding hydrogens is 476 g/mol. The summed E-state index contributed by atoms with van der Waals surface area (Å²) in [6, 6.07) is 16.1. The molecule has 0 atom stereocenters. The molecule has 2 heterocycles. The second-order valence-electron chi connectivity index (χ2n) is 7.33. The average Bonchev–Trinajstić information content (AvgIpc) is 2.80. The van der Waals surface area contributed by atoms with E-state index in [0.29, 0.717) is 11.4 Å². The fourth-order valence-corrected chi connectivity index (χ4v) is 4.04. The Balaban J connectivity index is 2.19. The van der Waals surface area contributed by atoms with E-state index in [2.05, 4.69) is 21.2 Å². The van der Waals surface area contributed by atoms with Crippen LogP contribution in [0.5, 0.6) is 0 Å². The van der Waals surface area contributed by atoms with Crippen molar-refractivity contribution in [2.24, 2.45) is 7.05 Å². The summed E-state index contributed by atoms with van der Waals surface area (Å²) in [6.45, 7) is 1.05. The van der Waals surface area contributed by atoms with Gasteiger partial charge in [-0.3, -0.25) is 23.3 Å². The van der Waals surface area contributed by atoms with Gasteiger partial charge in [0.1, 0.15) is 11.2 Å². The molecule has 0 radical (unpaired) electrons. The van der Waals surface area contributed by atoms with Gasteiger partial charge in [0.15, 0.2) is 0 Å². The zero-order chi connectivity index (χ0) is 23.0. The van der Waals surface area contributed by atoms with Crippen LogP contribution in [-0.2, 0) is 13.6 Å². The fraction of sp³-hybridized carbons (Fsp3) is 0.174. The first kappa shape index (κ1) is 21.8. The largest absolute Gasteiger partial charge is 0.395 e. The van der Waals surface area contributed by atoms with Gasteiger partial charge >= 0.3 is 5.69 Å². The molecule has 0 aliphatic carbocycles. The number of benzene rings is 2. The molecule has 4 rings (SSSR count). The minimum absolute atomic E-state index is 0.167. The summed E-state index contributed by atoms with van der Waals surface area (Å²) in [7, 11) is 1.57. The van der Waals surface area contributed by atoms with Gasteiger partial charge in [0, 0.05) is 22.8 Å². The van der Waals surface area contributed by atoms with E-state index in [1.165, 1.54) is 9.13 Å². The highest BCUT2D eigenvalue weighted by Crippen LogP contribution is 2.26. The molecule has 4 aromatic rings. The lowest BCUT2D eigenvalue weighted by Crippen LogP contribution is -2.42. The highest BCUT2D eigenvalue weighted by Gasteiger charge is 2.23. The second kappa shape index (κ2) is 8.60. The highest BCUT2D eigenvalue weighted by atomic mass is 79.9. The molecule has 0 bridgehead atoms. The number of nitrogens with zero attached hydrogens (tertiary/aromatic N) is 3. The van der Waals surface area contributed by atoms with Crippen molar-refractivity contribution in [3.05, 3.63) is 95.8 Å². The van der Waals surface area contributed by atoms with E-state index in [1.807, 2.05) is 18.2 Å². The van der Waals surface area contributed by atoms with Crippen molar-refractivity contribution in [1.29, 1.82) is 0 Å². The predicted octanol–water partition coefficient (Wildman–Crippen LogP) is 2.66. The summed E-state index contributed by atoms with van der Waals surface area (Å²) < 4.78 is 4.60. The van der Waals surface area contributed by atoms with Crippen molar-refractivity contribution in [3.8, 4) is 5.69 Å². The maximum Gasteiger partial charge on any atom is 0.336 e. The quantitative estimate of drug-likeness (QED) is 0.442. The molecule has 164 valence electrons. The Morgan fingerprint density at radius 1 is 0.969 bits per heavy atom. The summed E-state index contributed by atoms with van der Waals surface area (Å²) >= 11 is 3.39. The number of rotatable bonds is 5. The topological polar surface area (TPSA) is 98.3 Å². The Hall–Kier alpha value is -3.43. The van der Waals surface area contributed by atoms with Crippen molar-refractivity contribution >= 4 is 38.3 Å². The Morgan fingerprint density at radius 3 is 2.25 bits per heavy atom. The van der Waals surface area contributed by atoms with Crippen molar-refractivity contribution in [3.63, 3.8) is 0 Å². The minimum atomic E-state index is -0.617. The molecule has 2 N–H and O–H groups in total. The molecule has 0 fully saturated rings. The lowest BCUT2D eigenvalue weighted by Gasteiger charge is -2.20. The van der Waals surface area contributed by atoms with Crippen molar-refractivity contribution in [2.75, 3.05) is 11.9 Å². The monoisotopic (exact) mass is 496 g/mol. The van der Waals surface area contributed by atoms with Crippen LogP contribution in [0.2, 0.25) is 0 Å². The van der Waals surface area contributed by atoms with E-state index in [9.17, 15) is 19.5 Å². The number of nitrogens with one attached hydrogen (secondary N) is 1. The Labute approximate surface area is 191 Å². The van der Waals surface area contributed by atoms with E-state index >= 15 is 0 Å². The average molecular weight is 497 g/mol. The molecule has 0 saturated carbocycles. The van der Waals surface area contributed by atoms with Crippen LogP contribution in [0.3, 0.4) is 0 Å². The van der Waals surface area contributed by atoms with E-state index in [1.54, 1.807) is 50.4 Å². The first-order chi connectivity index (χ1) is 15.3. The SMILES string of the molecule is Cc1c(=O)n(C)c(Nc2ccc(Br)cc2)c2c(=O)n(CCO)c(=O)n(-c3ccccc3)c12. The summed E-state index contributed by atoms with van der Waals surface area (Å²) in [4.78, 5) is 39.9. The predicted molar refractivity (Wildman–Crippen MR) is 128 cm³/mol. The second-order valence-corrected chi connectivity index (χ2v) is 8.24. The Morgan fingerprint density at radius 2 is 1.62 bits per heavy atom. The molecular formula is C23H21BrN4O4. The van der Waals surface area contributed by atoms with Gasteiger partial charge in [-0.05, 0) is 43.3 Å². The summed E-state index contributed by atoms with van der Waals surface area (Å²) in [6.07, 6.45) is 0. The number of para-hydroxylation sites is 1. The molecule has 2 aromatic heterocycles. The van der Waals surface area contributed by atoms with E-state index in [4.69, 9.17) is 0 Å². The van der Waals surface area contributed by atoms with Gasteiger partial charge in [0.2, 0.25) is 0 Å². The van der Waals surface area contributed by atoms with Gasteiger partial charge in [-0.2, -0.15) is 0 Å². The van der Waals surface area contributed by atoms with Crippen LogP contribution < -0.4 is 22.1 Å². The van der Waals surface area contributed by atoms with Gasteiger partial charge in [0.05, 0.1) is 24.4 Å².